The minimum atomic E-state index is 0.845. The minimum Gasteiger partial charge on any atom is -0.252 e. The smallest absolute Gasteiger partial charge is 0.0972 e. The van der Waals surface area contributed by atoms with E-state index in [0.29, 0.717) is 0 Å². The number of hydrogen-bond donors (Lipinski definition) is 0. The maximum Gasteiger partial charge on any atom is 0.0972 e. The van der Waals surface area contributed by atoms with Crippen LogP contribution in [0.25, 0.3) is 121 Å². The molecule has 63 heavy (non-hydrogen) atoms. The lowest BCUT2D eigenvalue weighted by Crippen LogP contribution is -1.96. The molecule has 1 aromatic heterocycles. The van der Waals surface area contributed by atoms with Crippen molar-refractivity contribution in [3.63, 3.8) is 0 Å². The van der Waals surface area contributed by atoms with E-state index in [1.54, 1.807) is 0 Å². The normalized spacial score (nSPS) is 11.6. The Morgan fingerprint density at radius 3 is 1.51 bits per heavy atom. The molecule has 2 heteroatoms. The van der Waals surface area contributed by atoms with Crippen molar-refractivity contribution < 1.29 is 0 Å². The third kappa shape index (κ3) is 6.26. The third-order valence-electron chi connectivity index (χ3n) is 12.8. The predicted molar refractivity (Wildman–Crippen MR) is 267 cm³/mol. The summed E-state index contributed by atoms with van der Waals surface area (Å²) in [6.07, 6.45) is 1.90. The van der Waals surface area contributed by atoms with Gasteiger partial charge in [-0.3, -0.25) is 4.98 Å². The van der Waals surface area contributed by atoms with Crippen molar-refractivity contribution in [2.75, 3.05) is 0 Å². The van der Waals surface area contributed by atoms with Crippen molar-refractivity contribution in [1.29, 1.82) is 0 Å². The highest BCUT2D eigenvalue weighted by atomic mass is 14.8. The molecule has 0 unspecified atom stereocenters. The third-order valence-corrected chi connectivity index (χ3v) is 12.8. The van der Waals surface area contributed by atoms with Gasteiger partial charge in [-0.2, -0.15) is 0 Å². The van der Waals surface area contributed by atoms with Crippen molar-refractivity contribution in [2.24, 2.45) is 0 Å². The summed E-state index contributed by atoms with van der Waals surface area (Å²) in [4.78, 5) is 10.2. The molecule has 0 amide bonds. The van der Waals surface area contributed by atoms with Crippen molar-refractivity contribution in [3.05, 3.63) is 230 Å². The fourth-order valence-corrected chi connectivity index (χ4v) is 9.83. The molecule has 12 aromatic rings. The Morgan fingerprint density at radius 2 is 0.825 bits per heavy atom. The van der Waals surface area contributed by atoms with Crippen LogP contribution in [0.3, 0.4) is 0 Å². The largest absolute Gasteiger partial charge is 0.252 e. The zero-order valence-electron chi connectivity index (χ0n) is 34.8. The summed E-state index contributed by atoms with van der Waals surface area (Å²) in [7, 11) is 0. The van der Waals surface area contributed by atoms with Crippen LogP contribution in [0, 0.1) is 6.92 Å². The highest BCUT2D eigenvalue weighted by molar-refractivity contribution is 6.22. The maximum atomic E-state index is 5.21. The Labute approximate surface area is 366 Å². The molecule has 0 aliphatic rings. The second kappa shape index (κ2) is 15.1. The molecule has 294 valence electrons. The van der Waals surface area contributed by atoms with E-state index in [1.165, 1.54) is 87.2 Å². The van der Waals surface area contributed by atoms with Gasteiger partial charge in [-0.25, -0.2) is 4.98 Å². The molecule has 0 atom stereocenters. The SMILES string of the molecule is Cc1cccc2ccc3cccc(-c4cccc5ccc6cc(-c7ccc(-c8ccc(-c9cnc(-c%10ccccc%10)c(-c%10ccccc%10)n9)cc8)c8ccccc78)ccc6c45)c3c12. The zero-order chi connectivity index (χ0) is 41.9. The predicted octanol–water partition coefficient (Wildman–Crippen LogP) is 16.6. The Morgan fingerprint density at radius 1 is 0.302 bits per heavy atom. The molecular weight excluding hydrogens is 761 g/mol. The van der Waals surface area contributed by atoms with Crippen LogP contribution in [0.1, 0.15) is 5.56 Å². The number of fused-ring (bicyclic) bond motifs is 7. The number of aromatic nitrogens is 2. The molecule has 11 aromatic carbocycles. The number of aryl methyl sites for hydroxylation is 1. The molecule has 0 aliphatic carbocycles. The molecular formula is C61H40N2. The van der Waals surface area contributed by atoms with E-state index in [9.17, 15) is 0 Å². The lowest BCUT2D eigenvalue weighted by atomic mass is 9.87. The van der Waals surface area contributed by atoms with E-state index < -0.39 is 0 Å². The molecule has 0 N–H and O–H groups in total. The average molecular weight is 801 g/mol. The van der Waals surface area contributed by atoms with Gasteiger partial charge in [0.15, 0.2) is 0 Å². The summed E-state index contributed by atoms with van der Waals surface area (Å²) in [5.74, 6) is 0. The lowest BCUT2D eigenvalue weighted by Gasteiger charge is -2.16. The van der Waals surface area contributed by atoms with E-state index in [0.717, 1.165) is 39.3 Å². The number of hydrogen-bond acceptors (Lipinski definition) is 2. The van der Waals surface area contributed by atoms with Crippen LogP contribution in [-0.2, 0) is 0 Å². The summed E-state index contributed by atoms with van der Waals surface area (Å²) in [6.45, 7) is 2.23. The van der Waals surface area contributed by atoms with Gasteiger partial charge >= 0.3 is 0 Å². The molecule has 12 rings (SSSR count). The molecule has 0 aliphatic heterocycles. The summed E-state index contributed by atoms with van der Waals surface area (Å²) < 4.78 is 0. The van der Waals surface area contributed by atoms with Gasteiger partial charge in [-0.15, -0.1) is 0 Å². The standard InChI is InChI=1S/C61H40N2/c1-39-13-10-18-42-29-30-44-20-12-24-55(59(44)57(39)42)54-23-11-19-43-31-32-48-37-47(33-34-51(48)58(43)54)50-36-35-49(52-21-8-9-22-53(50)52)40-25-27-41(28-26-40)56-38-62-60(45-14-4-2-5-15-45)61(63-56)46-16-6-3-7-17-46/h2-38H,1H3. The van der Waals surface area contributed by atoms with Gasteiger partial charge in [0.2, 0.25) is 0 Å². The summed E-state index contributed by atoms with van der Waals surface area (Å²) in [6, 6.07) is 79.0. The van der Waals surface area contributed by atoms with E-state index in [-0.39, 0.29) is 0 Å². The van der Waals surface area contributed by atoms with Gasteiger partial charge in [0.05, 0.1) is 23.3 Å². The lowest BCUT2D eigenvalue weighted by molar-refractivity contribution is 1.21. The van der Waals surface area contributed by atoms with Gasteiger partial charge < -0.3 is 0 Å². The number of rotatable bonds is 6. The monoisotopic (exact) mass is 800 g/mol. The molecule has 0 saturated heterocycles. The molecule has 0 fully saturated rings. The summed E-state index contributed by atoms with van der Waals surface area (Å²) >= 11 is 0. The summed E-state index contributed by atoms with van der Waals surface area (Å²) in [5, 5.41) is 12.7. The van der Waals surface area contributed by atoms with Crippen molar-refractivity contribution in [2.45, 2.75) is 6.92 Å². The first-order chi connectivity index (χ1) is 31.2. The second-order valence-corrected chi connectivity index (χ2v) is 16.5. The first-order valence-corrected chi connectivity index (χ1v) is 21.6. The zero-order valence-corrected chi connectivity index (χ0v) is 34.8. The number of nitrogens with zero attached hydrogens (tertiary/aromatic N) is 2. The Kier molecular flexibility index (Phi) is 8.76. The molecule has 0 bridgehead atoms. The Balaban J connectivity index is 0.929. The fourth-order valence-electron chi connectivity index (χ4n) is 9.83. The van der Waals surface area contributed by atoms with Crippen LogP contribution in [0.15, 0.2) is 225 Å². The molecule has 0 spiro atoms. The van der Waals surface area contributed by atoms with E-state index >= 15 is 0 Å². The molecule has 0 saturated carbocycles. The molecule has 0 radical (unpaired) electrons. The fraction of sp³-hybridized carbons (Fsp3) is 0.0164. The van der Waals surface area contributed by atoms with Crippen LogP contribution in [0.5, 0.6) is 0 Å². The topological polar surface area (TPSA) is 25.8 Å². The van der Waals surface area contributed by atoms with Crippen LogP contribution in [0.2, 0.25) is 0 Å². The van der Waals surface area contributed by atoms with Crippen LogP contribution >= 0.6 is 0 Å². The van der Waals surface area contributed by atoms with Gasteiger partial charge in [-0.1, -0.05) is 212 Å². The van der Waals surface area contributed by atoms with E-state index in [1.807, 2.05) is 30.5 Å². The van der Waals surface area contributed by atoms with Gasteiger partial charge in [-0.05, 0) is 106 Å². The van der Waals surface area contributed by atoms with E-state index in [4.69, 9.17) is 9.97 Å². The van der Waals surface area contributed by atoms with E-state index in [2.05, 4.69) is 201 Å². The Hall–Kier alpha value is -8.20. The van der Waals surface area contributed by atoms with Crippen LogP contribution in [0.4, 0.5) is 0 Å². The highest BCUT2D eigenvalue weighted by Gasteiger charge is 2.17. The van der Waals surface area contributed by atoms with Crippen molar-refractivity contribution >= 4 is 53.9 Å². The molecule has 2 nitrogen and oxygen atoms in total. The van der Waals surface area contributed by atoms with Gasteiger partial charge in [0.1, 0.15) is 0 Å². The minimum absolute atomic E-state index is 0.845. The van der Waals surface area contributed by atoms with Crippen molar-refractivity contribution in [1.82, 2.24) is 9.97 Å². The second-order valence-electron chi connectivity index (χ2n) is 16.5. The van der Waals surface area contributed by atoms with Gasteiger partial charge in [0.25, 0.3) is 0 Å². The first-order valence-electron chi connectivity index (χ1n) is 21.6. The summed E-state index contributed by atoms with van der Waals surface area (Å²) in [5.41, 5.74) is 14.3. The first kappa shape index (κ1) is 36.6. The van der Waals surface area contributed by atoms with Gasteiger partial charge in [0, 0.05) is 16.7 Å². The molecule has 1 heterocycles. The number of benzene rings is 11. The average Bonchev–Trinajstić information content (AvgIpc) is 3.36. The van der Waals surface area contributed by atoms with Crippen LogP contribution < -0.4 is 0 Å². The Bertz CT molecular complexity index is 3720. The highest BCUT2D eigenvalue weighted by Crippen LogP contribution is 2.43. The van der Waals surface area contributed by atoms with Crippen LogP contribution in [-0.4, -0.2) is 9.97 Å². The quantitative estimate of drug-likeness (QED) is 0.157. The maximum absolute atomic E-state index is 5.21. The van der Waals surface area contributed by atoms with Crippen molar-refractivity contribution in [3.8, 4) is 67.2 Å².